The van der Waals surface area contributed by atoms with Crippen LogP contribution in [-0.4, -0.2) is 36.0 Å². The molecule has 21 heavy (non-hydrogen) atoms. The Morgan fingerprint density at radius 1 is 1.14 bits per heavy atom. The Labute approximate surface area is 124 Å². The second kappa shape index (κ2) is 5.85. The quantitative estimate of drug-likeness (QED) is 0.830. The lowest BCUT2D eigenvalue weighted by Gasteiger charge is -2.29. The molecule has 1 atom stereocenters. The number of nitrogens with zero attached hydrogens (tertiary/aromatic N) is 1. The van der Waals surface area contributed by atoms with Crippen LogP contribution in [0.4, 0.5) is 4.79 Å². The highest BCUT2D eigenvalue weighted by Crippen LogP contribution is 2.26. The van der Waals surface area contributed by atoms with Gasteiger partial charge in [0.1, 0.15) is 6.04 Å². The van der Waals surface area contributed by atoms with E-state index < -0.39 is 6.04 Å². The third-order valence-electron chi connectivity index (χ3n) is 4.37. The molecule has 2 aliphatic rings. The Morgan fingerprint density at radius 3 is 2.43 bits per heavy atom. The molecule has 2 aliphatic heterocycles. The minimum absolute atomic E-state index is 0.0265. The number of aryl methyl sites for hydroxylation is 1. The van der Waals surface area contributed by atoms with Gasteiger partial charge in [-0.25, -0.2) is 4.79 Å². The highest BCUT2D eigenvalue weighted by molar-refractivity contribution is 6.05. The summed E-state index contributed by atoms with van der Waals surface area (Å²) in [7, 11) is 0. The molecule has 5 heteroatoms. The Balaban J connectivity index is 1.78. The van der Waals surface area contributed by atoms with Crippen molar-refractivity contribution in [1.29, 1.82) is 0 Å². The summed E-state index contributed by atoms with van der Waals surface area (Å²) in [6.45, 7) is 3.81. The molecule has 0 aliphatic carbocycles. The van der Waals surface area contributed by atoms with Gasteiger partial charge in [-0.05, 0) is 43.5 Å². The van der Waals surface area contributed by atoms with E-state index in [1.807, 2.05) is 24.3 Å². The summed E-state index contributed by atoms with van der Waals surface area (Å²) >= 11 is 0. The molecular weight excluding hydrogens is 266 g/mol. The number of piperidine rings is 1. The molecule has 0 spiro atoms. The van der Waals surface area contributed by atoms with Crippen LogP contribution < -0.4 is 10.6 Å². The molecule has 0 aromatic heterocycles. The number of urea groups is 1. The maximum Gasteiger partial charge on any atom is 0.325 e. The van der Waals surface area contributed by atoms with Crippen molar-refractivity contribution in [3.63, 3.8) is 0 Å². The molecule has 112 valence electrons. The molecule has 1 aromatic rings. The van der Waals surface area contributed by atoms with Crippen LogP contribution in [0, 0.1) is 0 Å². The van der Waals surface area contributed by atoms with Crippen LogP contribution in [0.3, 0.4) is 0 Å². The van der Waals surface area contributed by atoms with Gasteiger partial charge >= 0.3 is 6.03 Å². The van der Waals surface area contributed by atoms with Crippen LogP contribution in [0.25, 0.3) is 0 Å². The van der Waals surface area contributed by atoms with E-state index in [1.165, 1.54) is 10.5 Å². The largest absolute Gasteiger partial charge is 0.325 e. The molecule has 0 saturated carbocycles. The first-order valence-electron chi connectivity index (χ1n) is 7.64. The van der Waals surface area contributed by atoms with Gasteiger partial charge in [-0.15, -0.1) is 0 Å². The monoisotopic (exact) mass is 287 g/mol. The lowest BCUT2D eigenvalue weighted by Crippen LogP contribution is -2.46. The van der Waals surface area contributed by atoms with Crippen LogP contribution in [0.15, 0.2) is 24.3 Å². The fourth-order valence-electron chi connectivity index (χ4n) is 3.08. The maximum absolute atomic E-state index is 12.6. The van der Waals surface area contributed by atoms with Crippen LogP contribution >= 0.6 is 0 Å². The van der Waals surface area contributed by atoms with Crippen molar-refractivity contribution in [2.45, 2.75) is 38.3 Å². The number of benzene rings is 1. The molecule has 3 rings (SSSR count). The molecule has 0 radical (unpaired) electrons. The number of carbonyl (C=O) groups excluding carboxylic acids is 2. The molecule has 2 heterocycles. The number of hydrogen-bond donors (Lipinski definition) is 2. The normalized spacial score (nSPS) is 23.5. The molecule has 2 fully saturated rings. The van der Waals surface area contributed by atoms with Gasteiger partial charge in [0.25, 0.3) is 5.91 Å². The molecule has 1 unspecified atom stereocenters. The lowest BCUT2D eigenvalue weighted by atomic mass is 10.0. The Bertz CT molecular complexity index is 535. The number of carbonyl (C=O) groups is 2. The van der Waals surface area contributed by atoms with E-state index >= 15 is 0 Å². The van der Waals surface area contributed by atoms with E-state index in [1.54, 1.807) is 0 Å². The molecule has 2 N–H and O–H groups in total. The smallest absolute Gasteiger partial charge is 0.322 e. The zero-order chi connectivity index (χ0) is 14.8. The summed E-state index contributed by atoms with van der Waals surface area (Å²) in [5.41, 5.74) is 2.09. The van der Waals surface area contributed by atoms with Crippen LogP contribution in [0.2, 0.25) is 0 Å². The summed E-state index contributed by atoms with van der Waals surface area (Å²) in [5, 5.41) is 6.08. The van der Waals surface area contributed by atoms with Crippen molar-refractivity contribution >= 4 is 11.9 Å². The van der Waals surface area contributed by atoms with Gasteiger partial charge < -0.3 is 10.6 Å². The number of hydrogen-bond acceptors (Lipinski definition) is 3. The van der Waals surface area contributed by atoms with Crippen LogP contribution in [0.1, 0.15) is 36.9 Å². The number of amides is 3. The summed E-state index contributed by atoms with van der Waals surface area (Å²) < 4.78 is 0. The highest BCUT2D eigenvalue weighted by atomic mass is 16.2. The molecule has 5 nitrogen and oxygen atoms in total. The van der Waals surface area contributed by atoms with Gasteiger partial charge in [0, 0.05) is 6.04 Å². The zero-order valence-corrected chi connectivity index (χ0v) is 12.3. The summed E-state index contributed by atoms with van der Waals surface area (Å²) in [6, 6.07) is 7.15. The fraction of sp³-hybridized carbons (Fsp3) is 0.500. The zero-order valence-electron chi connectivity index (χ0n) is 12.3. The Morgan fingerprint density at radius 2 is 1.81 bits per heavy atom. The van der Waals surface area contributed by atoms with Crippen molar-refractivity contribution in [1.82, 2.24) is 15.5 Å². The molecule has 0 bridgehead atoms. The predicted molar refractivity (Wildman–Crippen MR) is 79.8 cm³/mol. The molecule has 3 amide bonds. The summed E-state index contributed by atoms with van der Waals surface area (Å²) in [4.78, 5) is 26.2. The SMILES string of the molecule is CCc1ccc(C2NC(=O)N(C3CCNCC3)C2=O)cc1. The lowest BCUT2D eigenvalue weighted by molar-refractivity contribution is -0.129. The van der Waals surface area contributed by atoms with Crippen molar-refractivity contribution in [3.8, 4) is 0 Å². The van der Waals surface area contributed by atoms with Gasteiger partial charge in [0.05, 0.1) is 0 Å². The van der Waals surface area contributed by atoms with Gasteiger partial charge in [0.15, 0.2) is 0 Å². The summed E-state index contributed by atoms with van der Waals surface area (Å²) in [5.74, 6) is -0.115. The van der Waals surface area contributed by atoms with E-state index in [2.05, 4.69) is 17.6 Å². The van der Waals surface area contributed by atoms with E-state index in [-0.39, 0.29) is 18.0 Å². The minimum atomic E-state index is -0.529. The van der Waals surface area contributed by atoms with E-state index in [4.69, 9.17) is 0 Å². The standard InChI is InChI=1S/C16H21N3O2/c1-2-11-3-5-12(6-4-11)14-15(20)19(16(21)18-14)13-7-9-17-10-8-13/h3-6,13-14,17H,2,7-10H2,1H3,(H,18,21). The van der Waals surface area contributed by atoms with Gasteiger partial charge in [0.2, 0.25) is 0 Å². The van der Waals surface area contributed by atoms with Crippen molar-refractivity contribution < 1.29 is 9.59 Å². The second-order valence-electron chi connectivity index (χ2n) is 5.67. The van der Waals surface area contributed by atoms with Gasteiger partial charge in [-0.2, -0.15) is 0 Å². The number of rotatable bonds is 3. The average Bonchev–Trinajstić information content (AvgIpc) is 2.83. The fourth-order valence-corrected chi connectivity index (χ4v) is 3.08. The van der Waals surface area contributed by atoms with E-state index in [0.717, 1.165) is 37.9 Å². The summed E-state index contributed by atoms with van der Waals surface area (Å²) in [6.07, 6.45) is 2.63. The first kappa shape index (κ1) is 14.1. The maximum atomic E-state index is 12.6. The van der Waals surface area contributed by atoms with Crippen molar-refractivity contribution in [2.24, 2.45) is 0 Å². The molecule has 2 saturated heterocycles. The Kier molecular flexibility index (Phi) is 3.92. The number of nitrogens with one attached hydrogen (secondary N) is 2. The van der Waals surface area contributed by atoms with Crippen LogP contribution in [0.5, 0.6) is 0 Å². The van der Waals surface area contributed by atoms with E-state index in [0.29, 0.717) is 0 Å². The first-order chi connectivity index (χ1) is 10.2. The number of imide groups is 1. The van der Waals surface area contributed by atoms with Gasteiger partial charge in [-0.1, -0.05) is 31.2 Å². The third kappa shape index (κ3) is 2.65. The average molecular weight is 287 g/mol. The highest BCUT2D eigenvalue weighted by Gasteiger charge is 2.42. The van der Waals surface area contributed by atoms with Crippen LogP contribution in [-0.2, 0) is 11.2 Å². The minimum Gasteiger partial charge on any atom is -0.322 e. The third-order valence-corrected chi connectivity index (χ3v) is 4.37. The van der Waals surface area contributed by atoms with Gasteiger partial charge in [-0.3, -0.25) is 9.69 Å². The molecule has 1 aromatic carbocycles. The van der Waals surface area contributed by atoms with E-state index in [9.17, 15) is 9.59 Å². The first-order valence-corrected chi connectivity index (χ1v) is 7.64. The topological polar surface area (TPSA) is 61.4 Å². The Hall–Kier alpha value is -1.88. The van der Waals surface area contributed by atoms with Crippen molar-refractivity contribution in [2.75, 3.05) is 13.1 Å². The van der Waals surface area contributed by atoms with Crippen molar-refractivity contribution in [3.05, 3.63) is 35.4 Å². The molecular formula is C16H21N3O2. The predicted octanol–water partition coefficient (Wildman–Crippen LogP) is 1.59. The second-order valence-corrected chi connectivity index (χ2v) is 5.67.